The van der Waals surface area contributed by atoms with Crippen molar-refractivity contribution < 1.29 is 24.3 Å². The van der Waals surface area contributed by atoms with Gasteiger partial charge in [0.1, 0.15) is 18.1 Å². The summed E-state index contributed by atoms with van der Waals surface area (Å²) >= 11 is 0. The number of rotatable bonds is 15. The summed E-state index contributed by atoms with van der Waals surface area (Å²) in [5.74, 6) is -2.69. The largest absolute Gasteiger partial charge is 0.480 e. The molecule has 0 bridgehead atoms. The first kappa shape index (κ1) is 30.1. The minimum Gasteiger partial charge on any atom is -0.480 e. The van der Waals surface area contributed by atoms with Gasteiger partial charge in [0.2, 0.25) is 17.7 Å². The lowest BCUT2D eigenvalue weighted by Crippen LogP contribution is -2.57. The molecule has 0 aliphatic carbocycles. The van der Waals surface area contributed by atoms with E-state index < -0.39 is 47.9 Å². The van der Waals surface area contributed by atoms with E-state index in [2.05, 4.69) is 20.9 Å². The van der Waals surface area contributed by atoms with Crippen molar-refractivity contribution in [3.63, 3.8) is 0 Å². The van der Waals surface area contributed by atoms with Gasteiger partial charge in [-0.25, -0.2) is 0 Å². The Morgan fingerprint density at radius 2 is 1.33 bits per heavy atom. The Balaban J connectivity index is 5.43. The van der Waals surface area contributed by atoms with Crippen molar-refractivity contribution in [3.05, 3.63) is 0 Å². The van der Waals surface area contributed by atoms with Crippen LogP contribution >= 0.6 is 0 Å². The number of nitrogens with two attached hydrogens (primary N) is 3. The number of aliphatic carboxylic acids is 1. The molecule has 0 aliphatic heterocycles. The number of carboxylic acids is 1. The molecular formula is C21H41N7O5. The summed E-state index contributed by atoms with van der Waals surface area (Å²) < 4.78 is 0. The number of carboxylic acid groups (broad SMARTS) is 1. The molecule has 0 aromatic heterocycles. The molecular weight excluding hydrogens is 430 g/mol. The van der Waals surface area contributed by atoms with E-state index >= 15 is 0 Å². The van der Waals surface area contributed by atoms with Crippen molar-refractivity contribution in [1.82, 2.24) is 16.0 Å². The Hall–Kier alpha value is -2.89. The SMILES string of the molecule is CC(C)CC(N)C(=O)NC(CC(C)C)C(=O)NC(CCCN=C(N)N)C(=O)NC(C)C(=O)O. The van der Waals surface area contributed by atoms with Gasteiger partial charge in [0.25, 0.3) is 0 Å². The topological polar surface area (TPSA) is 215 Å². The number of hydrogen-bond donors (Lipinski definition) is 7. The lowest BCUT2D eigenvalue weighted by atomic mass is 10.00. The summed E-state index contributed by atoms with van der Waals surface area (Å²) in [6.45, 7) is 9.22. The second-order valence-corrected chi connectivity index (χ2v) is 9.01. The third-order valence-electron chi connectivity index (χ3n) is 4.71. The van der Waals surface area contributed by atoms with Crippen molar-refractivity contribution in [1.29, 1.82) is 0 Å². The molecule has 12 nitrogen and oxygen atoms in total. The van der Waals surface area contributed by atoms with E-state index in [4.69, 9.17) is 22.3 Å². The van der Waals surface area contributed by atoms with Crippen molar-refractivity contribution in [2.45, 2.75) is 84.5 Å². The highest BCUT2D eigenvalue weighted by Gasteiger charge is 2.29. The highest BCUT2D eigenvalue weighted by atomic mass is 16.4. The number of hydrogen-bond acceptors (Lipinski definition) is 6. The van der Waals surface area contributed by atoms with E-state index in [1.165, 1.54) is 6.92 Å². The Bertz CT molecular complexity index is 692. The number of nitrogens with zero attached hydrogens (tertiary/aromatic N) is 1. The minimum atomic E-state index is -1.21. The number of nitrogens with one attached hydrogen (secondary N) is 3. The van der Waals surface area contributed by atoms with E-state index in [0.29, 0.717) is 19.3 Å². The van der Waals surface area contributed by atoms with E-state index in [0.717, 1.165) is 0 Å². The van der Waals surface area contributed by atoms with Crippen LogP contribution in [0.4, 0.5) is 0 Å². The van der Waals surface area contributed by atoms with Crippen LogP contribution in [0.1, 0.15) is 60.3 Å². The molecule has 0 aromatic rings. The van der Waals surface area contributed by atoms with Crippen LogP contribution in [0.5, 0.6) is 0 Å². The Morgan fingerprint density at radius 3 is 1.82 bits per heavy atom. The summed E-state index contributed by atoms with van der Waals surface area (Å²) in [6, 6.07) is -3.85. The predicted molar refractivity (Wildman–Crippen MR) is 126 cm³/mol. The molecule has 0 spiro atoms. The summed E-state index contributed by atoms with van der Waals surface area (Å²) in [5.41, 5.74) is 16.5. The van der Waals surface area contributed by atoms with Crippen LogP contribution in [0.3, 0.4) is 0 Å². The Morgan fingerprint density at radius 1 is 0.818 bits per heavy atom. The first-order valence-electron chi connectivity index (χ1n) is 11.2. The number of carbonyl (C=O) groups is 4. The van der Waals surface area contributed by atoms with E-state index in [9.17, 15) is 19.2 Å². The quantitative estimate of drug-likeness (QED) is 0.0892. The van der Waals surface area contributed by atoms with Gasteiger partial charge < -0.3 is 38.3 Å². The molecule has 0 fully saturated rings. The van der Waals surface area contributed by atoms with Gasteiger partial charge in [-0.3, -0.25) is 24.2 Å². The van der Waals surface area contributed by atoms with Crippen LogP contribution in [0.25, 0.3) is 0 Å². The minimum absolute atomic E-state index is 0.0727. The lowest BCUT2D eigenvalue weighted by Gasteiger charge is -2.26. The molecule has 33 heavy (non-hydrogen) atoms. The Kier molecular flexibility index (Phi) is 13.7. The highest BCUT2D eigenvalue weighted by molar-refractivity contribution is 5.94. The first-order valence-corrected chi connectivity index (χ1v) is 11.2. The van der Waals surface area contributed by atoms with Crippen LogP contribution in [-0.2, 0) is 19.2 Å². The molecule has 0 rings (SSSR count). The third kappa shape index (κ3) is 13.3. The van der Waals surface area contributed by atoms with E-state index in [1.54, 1.807) is 0 Å². The van der Waals surface area contributed by atoms with Gasteiger partial charge in [0.05, 0.1) is 6.04 Å². The fourth-order valence-corrected chi connectivity index (χ4v) is 3.02. The van der Waals surface area contributed by atoms with Gasteiger partial charge in [-0.2, -0.15) is 0 Å². The zero-order valence-corrected chi connectivity index (χ0v) is 20.3. The van der Waals surface area contributed by atoms with Gasteiger partial charge in [-0.15, -0.1) is 0 Å². The van der Waals surface area contributed by atoms with Crippen molar-refractivity contribution in [2.75, 3.05) is 6.54 Å². The van der Waals surface area contributed by atoms with Gasteiger partial charge in [0.15, 0.2) is 5.96 Å². The maximum absolute atomic E-state index is 13.0. The zero-order chi connectivity index (χ0) is 25.7. The van der Waals surface area contributed by atoms with Gasteiger partial charge in [-0.1, -0.05) is 27.7 Å². The van der Waals surface area contributed by atoms with Crippen molar-refractivity contribution in [3.8, 4) is 0 Å². The number of aliphatic imine (C=N–C) groups is 1. The monoisotopic (exact) mass is 471 g/mol. The zero-order valence-electron chi connectivity index (χ0n) is 20.3. The molecule has 12 heteroatoms. The second-order valence-electron chi connectivity index (χ2n) is 9.01. The molecule has 0 aromatic carbocycles. The maximum atomic E-state index is 13.0. The van der Waals surface area contributed by atoms with Crippen molar-refractivity contribution >= 4 is 29.7 Å². The van der Waals surface area contributed by atoms with Gasteiger partial charge in [-0.05, 0) is 44.4 Å². The standard InChI is InChI=1S/C21H41N7O5/c1-11(2)9-14(22)17(29)28-16(10-12(3)4)19(31)27-15(7-6-8-25-21(23)24)18(30)26-13(5)20(32)33/h11-16H,6-10,22H2,1-5H3,(H,26,30)(H,27,31)(H,28,29)(H,32,33)(H4,23,24,25). The summed E-state index contributed by atoms with van der Waals surface area (Å²) in [4.78, 5) is 53.1. The smallest absolute Gasteiger partial charge is 0.325 e. The average Bonchev–Trinajstić information content (AvgIpc) is 2.68. The average molecular weight is 472 g/mol. The van der Waals surface area contributed by atoms with Crippen LogP contribution < -0.4 is 33.2 Å². The van der Waals surface area contributed by atoms with Crippen LogP contribution in [0, 0.1) is 11.8 Å². The molecule has 0 aliphatic rings. The molecule has 0 saturated heterocycles. The summed E-state index contributed by atoms with van der Waals surface area (Å²) in [5, 5.41) is 16.7. The number of amides is 3. The second kappa shape index (κ2) is 15.0. The van der Waals surface area contributed by atoms with E-state index in [1.807, 2.05) is 27.7 Å². The van der Waals surface area contributed by atoms with Gasteiger partial charge >= 0.3 is 5.97 Å². The summed E-state index contributed by atoms with van der Waals surface area (Å²) in [6.07, 6.45) is 1.32. The third-order valence-corrected chi connectivity index (χ3v) is 4.71. The maximum Gasteiger partial charge on any atom is 0.325 e. The molecule has 10 N–H and O–H groups in total. The molecule has 3 amide bonds. The molecule has 0 saturated carbocycles. The number of carbonyl (C=O) groups excluding carboxylic acids is 3. The normalized spacial score (nSPS) is 14.7. The summed E-state index contributed by atoms with van der Waals surface area (Å²) in [7, 11) is 0. The van der Waals surface area contributed by atoms with Crippen LogP contribution in [0.2, 0.25) is 0 Å². The molecule has 0 radical (unpaired) electrons. The molecule has 4 atom stereocenters. The van der Waals surface area contributed by atoms with Gasteiger partial charge in [0, 0.05) is 6.54 Å². The lowest BCUT2D eigenvalue weighted by molar-refractivity contribution is -0.141. The fourth-order valence-electron chi connectivity index (χ4n) is 3.02. The van der Waals surface area contributed by atoms with Crippen LogP contribution in [0.15, 0.2) is 4.99 Å². The highest BCUT2D eigenvalue weighted by Crippen LogP contribution is 2.09. The first-order chi connectivity index (χ1) is 15.2. The Labute approximate surface area is 195 Å². The van der Waals surface area contributed by atoms with E-state index in [-0.39, 0.29) is 30.8 Å². The number of guanidine groups is 1. The van der Waals surface area contributed by atoms with Crippen LogP contribution in [-0.4, -0.2) is 65.5 Å². The molecule has 4 unspecified atom stereocenters. The molecule has 190 valence electrons. The molecule has 0 heterocycles. The van der Waals surface area contributed by atoms with Crippen molar-refractivity contribution in [2.24, 2.45) is 34.0 Å². The predicted octanol–water partition coefficient (Wildman–Crippen LogP) is -0.982. The fraction of sp³-hybridized carbons (Fsp3) is 0.762.